The topological polar surface area (TPSA) is 128 Å². The van der Waals surface area contributed by atoms with Gasteiger partial charge in [-0.25, -0.2) is 13.2 Å². The van der Waals surface area contributed by atoms with Crippen LogP contribution in [0.25, 0.3) is 0 Å². The molecule has 1 aliphatic heterocycles. The van der Waals surface area contributed by atoms with Crippen LogP contribution in [-0.4, -0.2) is 75.6 Å². The second-order valence-corrected chi connectivity index (χ2v) is 9.38. The predicted molar refractivity (Wildman–Crippen MR) is 114 cm³/mol. The van der Waals surface area contributed by atoms with Crippen molar-refractivity contribution >= 4 is 27.9 Å². The van der Waals surface area contributed by atoms with Gasteiger partial charge in [0.25, 0.3) is 5.91 Å². The van der Waals surface area contributed by atoms with Crippen LogP contribution < -0.4 is 5.32 Å². The zero-order valence-electron chi connectivity index (χ0n) is 18.5. The molecule has 1 saturated heterocycles. The molecule has 0 saturated carbocycles. The Hall–Kier alpha value is -2.50. The molecule has 0 spiro atoms. The highest BCUT2D eigenvalue weighted by Crippen LogP contribution is 2.21. The Kier molecular flexibility index (Phi) is 9.60. The third kappa shape index (κ3) is 7.57. The summed E-state index contributed by atoms with van der Waals surface area (Å²) in [5, 5.41) is 2.54. The van der Waals surface area contributed by atoms with Gasteiger partial charge in [-0.05, 0) is 51.5 Å². The van der Waals surface area contributed by atoms with Crippen LogP contribution in [0.2, 0.25) is 0 Å². The maximum atomic E-state index is 12.9. The van der Waals surface area contributed by atoms with E-state index in [0.717, 1.165) is 0 Å². The number of carbonyl (C=O) groups excluding carboxylic acids is 3. The van der Waals surface area contributed by atoms with Gasteiger partial charge in [0, 0.05) is 26.1 Å². The lowest BCUT2D eigenvalue weighted by Crippen LogP contribution is -2.48. The Labute approximate surface area is 188 Å². The molecule has 0 bridgehead atoms. The van der Waals surface area contributed by atoms with E-state index in [0.29, 0.717) is 13.0 Å². The van der Waals surface area contributed by atoms with Crippen LogP contribution in [0.5, 0.6) is 0 Å². The van der Waals surface area contributed by atoms with Gasteiger partial charge in [-0.1, -0.05) is 0 Å². The van der Waals surface area contributed by atoms with Crippen molar-refractivity contribution in [3.63, 3.8) is 0 Å². The third-order valence-electron chi connectivity index (χ3n) is 4.63. The maximum absolute atomic E-state index is 12.9. The Morgan fingerprint density at radius 2 is 1.72 bits per heavy atom. The van der Waals surface area contributed by atoms with Crippen LogP contribution in [0.4, 0.5) is 0 Å². The minimum absolute atomic E-state index is 0.0645. The van der Waals surface area contributed by atoms with Gasteiger partial charge in [0.15, 0.2) is 6.61 Å². The van der Waals surface area contributed by atoms with Crippen molar-refractivity contribution in [2.45, 2.75) is 50.7 Å². The number of esters is 2. The fraction of sp³-hybridized carbons (Fsp3) is 0.571. The van der Waals surface area contributed by atoms with E-state index in [1.54, 1.807) is 6.92 Å². The molecule has 1 aromatic carbocycles. The van der Waals surface area contributed by atoms with Crippen molar-refractivity contribution in [3.8, 4) is 0 Å². The molecule has 0 aliphatic carbocycles. The van der Waals surface area contributed by atoms with Gasteiger partial charge >= 0.3 is 11.9 Å². The van der Waals surface area contributed by atoms with Crippen molar-refractivity contribution in [2.24, 2.45) is 0 Å². The summed E-state index contributed by atoms with van der Waals surface area (Å²) < 4.78 is 42.4. The van der Waals surface area contributed by atoms with Crippen LogP contribution in [0, 0.1) is 0 Å². The van der Waals surface area contributed by atoms with Crippen LogP contribution in [-0.2, 0) is 33.8 Å². The molecule has 1 amide bonds. The Morgan fingerprint density at radius 3 is 2.31 bits per heavy atom. The molecule has 10 nitrogen and oxygen atoms in total. The minimum Gasteiger partial charge on any atom is -0.466 e. The predicted octanol–water partition coefficient (Wildman–Crippen LogP) is 1.10. The molecule has 1 heterocycles. The number of hydrogen-bond acceptors (Lipinski definition) is 8. The first-order valence-electron chi connectivity index (χ1n) is 10.5. The number of nitrogens with one attached hydrogen (secondary N) is 1. The molecule has 2 rings (SSSR count). The number of nitrogens with zero attached hydrogens (tertiary/aromatic N) is 1. The summed E-state index contributed by atoms with van der Waals surface area (Å²) >= 11 is 0. The summed E-state index contributed by atoms with van der Waals surface area (Å²) in [6.07, 6.45) is 0.179. The highest BCUT2D eigenvalue weighted by molar-refractivity contribution is 7.89. The summed E-state index contributed by atoms with van der Waals surface area (Å²) in [6, 6.07) is 5.37. The summed E-state index contributed by atoms with van der Waals surface area (Å²) in [5.74, 6) is -1.59. The van der Waals surface area contributed by atoms with Crippen molar-refractivity contribution in [2.75, 3.05) is 32.8 Å². The molecular weight excluding hydrogens is 440 g/mol. The third-order valence-corrected chi connectivity index (χ3v) is 6.48. The van der Waals surface area contributed by atoms with Gasteiger partial charge in [0.1, 0.15) is 0 Å². The average molecular weight is 471 g/mol. The second kappa shape index (κ2) is 11.9. The number of rotatable bonds is 10. The van der Waals surface area contributed by atoms with E-state index in [-0.39, 0.29) is 54.7 Å². The smallest absolute Gasteiger partial charge is 0.338 e. The van der Waals surface area contributed by atoms with E-state index >= 15 is 0 Å². The number of ether oxygens (including phenoxy) is 3. The van der Waals surface area contributed by atoms with Gasteiger partial charge in [-0.3, -0.25) is 9.59 Å². The van der Waals surface area contributed by atoms with Crippen LogP contribution in [0.1, 0.15) is 44.0 Å². The SMILES string of the molecule is CCOC(=O)CCCNC(=O)COC(=O)c1ccc(S(=O)(=O)N2CC(C)OC(C)C2)cc1. The standard InChI is InChI=1S/C21H30N2O8S/c1-4-29-20(25)6-5-11-22-19(24)14-30-21(26)17-7-9-18(10-8-17)32(27,28)23-12-15(2)31-16(3)13-23/h7-10,15-16H,4-6,11-14H2,1-3H3,(H,22,24). The van der Waals surface area contributed by atoms with Crippen LogP contribution in [0.15, 0.2) is 29.2 Å². The van der Waals surface area contributed by atoms with E-state index in [4.69, 9.17) is 14.2 Å². The van der Waals surface area contributed by atoms with Crippen molar-refractivity contribution in [1.82, 2.24) is 9.62 Å². The fourth-order valence-electron chi connectivity index (χ4n) is 3.20. The van der Waals surface area contributed by atoms with E-state index < -0.39 is 28.5 Å². The van der Waals surface area contributed by atoms with Gasteiger partial charge < -0.3 is 19.5 Å². The van der Waals surface area contributed by atoms with Gasteiger partial charge in [-0.2, -0.15) is 4.31 Å². The quantitative estimate of drug-likeness (QED) is 0.398. The number of amides is 1. The normalized spacial score (nSPS) is 19.2. The van der Waals surface area contributed by atoms with Crippen LogP contribution >= 0.6 is 0 Å². The molecule has 2 atom stereocenters. The van der Waals surface area contributed by atoms with E-state index in [9.17, 15) is 22.8 Å². The molecule has 1 fully saturated rings. The van der Waals surface area contributed by atoms with E-state index in [1.165, 1.54) is 28.6 Å². The number of carbonyl (C=O) groups is 3. The summed E-state index contributed by atoms with van der Waals surface area (Å²) in [4.78, 5) is 35.2. The fourth-order valence-corrected chi connectivity index (χ4v) is 4.79. The Balaban J connectivity index is 1.82. The maximum Gasteiger partial charge on any atom is 0.338 e. The van der Waals surface area contributed by atoms with Gasteiger partial charge in [0.2, 0.25) is 10.0 Å². The molecule has 1 aromatic rings. The number of sulfonamides is 1. The van der Waals surface area contributed by atoms with E-state index in [2.05, 4.69) is 5.32 Å². The number of hydrogen-bond donors (Lipinski definition) is 1. The largest absolute Gasteiger partial charge is 0.466 e. The zero-order chi connectivity index (χ0) is 23.7. The molecule has 1 N–H and O–H groups in total. The number of morpholine rings is 1. The van der Waals surface area contributed by atoms with Gasteiger partial charge in [0.05, 0.1) is 29.3 Å². The first kappa shape index (κ1) is 25.8. The Bertz CT molecular complexity index is 891. The molecule has 178 valence electrons. The lowest BCUT2D eigenvalue weighted by atomic mass is 10.2. The minimum atomic E-state index is -3.71. The van der Waals surface area contributed by atoms with Crippen molar-refractivity contribution < 1.29 is 37.0 Å². The Morgan fingerprint density at radius 1 is 1.09 bits per heavy atom. The van der Waals surface area contributed by atoms with Gasteiger partial charge in [-0.15, -0.1) is 0 Å². The molecule has 0 aromatic heterocycles. The lowest BCUT2D eigenvalue weighted by Gasteiger charge is -2.34. The second-order valence-electron chi connectivity index (χ2n) is 7.44. The summed E-state index contributed by atoms with van der Waals surface area (Å²) in [6.45, 7) is 5.92. The van der Waals surface area contributed by atoms with Crippen LogP contribution in [0.3, 0.4) is 0 Å². The monoisotopic (exact) mass is 470 g/mol. The summed E-state index contributed by atoms with van der Waals surface area (Å²) in [7, 11) is -3.71. The van der Waals surface area contributed by atoms with E-state index in [1.807, 2.05) is 13.8 Å². The first-order chi connectivity index (χ1) is 15.1. The highest BCUT2D eigenvalue weighted by Gasteiger charge is 2.32. The van der Waals surface area contributed by atoms with Crippen molar-refractivity contribution in [3.05, 3.63) is 29.8 Å². The molecule has 2 unspecified atom stereocenters. The summed E-state index contributed by atoms with van der Waals surface area (Å²) in [5.41, 5.74) is 0.128. The molecule has 11 heteroatoms. The molecule has 1 aliphatic rings. The van der Waals surface area contributed by atoms with Crippen molar-refractivity contribution in [1.29, 1.82) is 0 Å². The lowest BCUT2D eigenvalue weighted by molar-refractivity contribution is -0.143. The average Bonchev–Trinajstić information content (AvgIpc) is 2.74. The molecular formula is C21H30N2O8S. The molecule has 0 radical (unpaired) electrons. The first-order valence-corrected chi connectivity index (χ1v) is 11.9. The molecule has 32 heavy (non-hydrogen) atoms. The highest BCUT2D eigenvalue weighted by atomic mass is 32.2. The zero-order valence-corrected chi connectivity index (χ0v) is 19.4. The number of benzene rings is 1.